The summed E-state index contributed by atoms with van der Waals surface area (Å²) < 4.78 is 5.77. The van der Waals surface area contributed by atoms with Crippen LogP contribution in [0.5, 0.6) is 11.6 Å². The van der Waals surface area contributed by atoms with Gasteiger partial charge in [-0.2, -0.15) is 0 Å². The predicted molar refractivity (Wildman–Crippen MR) is 78.6 cm³/mol. The second-order valence-electron chi connectivity index (χ2n) is 5.73. The second-order valence-corrected chi connectivity index (χ2v) is 5.73. The van der Waals surface area contributed by atoms with Gasteiger partial charge in [0.2, 0.25) is 5.88 Å². The number of anilines is 1. The van der Waals surface area contributed by atoms with Crippen molar-refractivity contribution in [3.63, 3.8) is 0 Å². The van der Waals surface area contributed by atoms with E-state index in [9.17, 15) is 0 Å². The monoisotopic (exact) mass is 256 g/mol. The van der Waals surface area contributed by atoms with E-state index in [4.69, 9.17) is 10.5 Å². The van der Waals surface area contributed by atoms with E-state index in [2.05, 4.69) is 25.8 Å². The van der Waals surface area contributed by atoms with E-state index in [1.165, 1.54) is 5.56 Å². The minimum atomic E-state index is 0.0905. The molecule has 0 bridgehead atoms. The van der Waals surface area contributed by atoms with Crippen molar-refractivity contribution in [2.45, 2.75) is 33.1 Å². The number of nitrogens with two attached hydrogens (primary N) is 1. The van der Waals surface area contributed by atoms with Gasteiger partial charge in [-0.25, -0.2) is 4.98 Å². The first kappa shape index (κ1) is 13.4. The van der Waals surface area contributed by atoms with Gasteiger partial charge in [0.1, 0.15) is 0 Å². The maximum atomic E-state index is 5.92. The van der Waals surface area contributed by atoms with E-state index in [0.717, 1.165) is 5.56 Å². The molecule has 0 radical (unpaired) electrons. The van der Waals surface area contributed by atoms with Crippen LogP contribution in [0.1, 0.15) is 31.9 Å². The molecular formula is C16H20N2O. The molecule has 3 nitrogen and oxygen atoms in total. The molecule has 2 N–H and O–H groups in total. The third-order valence-corrected chi connectivity index (χ3v) is 3.05. The molecule has 0 saturated carbocycles. The standard InChI is InChI=1S/C16H20N2O/c1-11-6-5-7-13(17)15(11)19-14-9-8-12(10-18-14)16(2,3)4/h5-10H,17H2,1-4H3. The van der Waals surface area contributed by atoms with Crippen LogP contribution >= 0.6 is 0 Å². The summed E-state index contributed by atoms with van der Waals surface area (Å²) in [6.07, 6.45) is 1.85. The van der Waals surface area contributed by atoms with Gasteiger partial charge in [0, 0.05) is 12.3 Å². The van der Waals surface area contributed by atoms with Crippen molar-refractivity contribution >= 4 is 5.69 Å². The Balaban J connectivity index is 2.25. The van der Waals surface area contributed by atoms with Gasteiger partial charge in [-0.3, -0.25) is 0 Å². The molecule has 0 atom stereocenters. The highest BCUT2D eigenvalue weighted by Crippen LogP contribution is 2.30. The number of nitrogens with zero attached hydrogens (tertiary/aromatic N) is 1. The lowest BCUT2D eigenvalue weighted by molar-refractivity contribution is 0.459. The average molecular weight is 256 g/mol. The van der Waals surface area contributed by atoms with E-state index in [-0.39, 0.29) is 5.41 Å². The van der Waals surface area contributed by atoms with Crippen molar-refractivity contribution < 1.29 is 4.74 Å². The molecule has 0 saturated heterocycles. The van der Waals surface area contributed by atoms with Crippen molar-refractivity contribution in [2.75, 3.05) is 5.73 Å². The summed E-state index contributed by atoms with van der Waals surface area (Å²) in [4.78, 5) is 4.34. The number of benzene rings is 1. The van der Waals surface area contributed by atoms with Gasteiger partial charge in [-0.05, 0) is 29.5 Å². The third-order valence-electron chi connectivity index (χ3n) is 3.05. The van der Waals surface area contributed by atoms with E-state index < -0.39 is 0 Å². The van der Waals surface area contributed by atoms with Gasteiger partial charge < -0.3 is 10.5 Å². The van der Waals surface area contributed by atoms with Gasteiger partial charge in [-0.15, -0.1) is 0 Å². The summed E-state index contributed by atoms with van der Waals surface area (Å²) in [5.41, 5.74) is 8.81. The Morgan fingerprint density at radius 3 is 2.37 bits per heavy atom. The van der Waals surface area contributed by atoms with Crippen LogP contribution in [0, 0.1) is 6.92 Å². The Kier molecular flexibility index (Phi) is 3.47. The van der Waals surface area contributed by atoms with Crippen molar-refractivity contribution in [3.8, 4) is 11.6 Å². The Morgan fingerprint density at radius 2 is 1.84 bits per heavy atom. The first-order chi connectivity index (χ1) is 8.88. The first-order valence-electron chi connectivity index (χ1n) is 6.37. The van der Waals surface area contributed by atoms with Crippen LogP contribution < -0.4 is 10.5 Å². The maximum absolute atomic E-state index is 5.92. The Hall–Kier alpha value is -2.03. The molecule has 0 aliphatic rings. The van der Waals surface area contributed by atoms with Crippen molar-refractivity contribution in [1.29, 1.82) is 0 Å². The van der Waals surface area contributed by atoms with Crippen molar-refractivity contribution in [1.82, 2.24) is 4.98 Å². The maximum Gasteiger partial charge on any atom is 0.219 e. The van der Waals surface area contributed by atoms with Gasteiger partial charge in [-0.1, -0.05) is 39.0 Å². The molecule has 3 heteroatoms. The molecule has 100 valence electrons. The number of nitrogen functional groups attached to an aromatic ring is 1. The minimum absolute atomic E-state index is 0.0905. The van der Waals surface area contributed by atoms with Gasteiger partial charge in [0.25, 0.3) is 0 Å². The molecule has 2 rings (SSSR count). The molecule has 1 aromatic heterocycles. The number of hydrogen-bond donors (Lipinski definition) is 1. The van der Waals surface area contributed by atoms with Crippen LogP contribution in [-0.4, -0.2) is 4.98 Å². The SMILES string of the molecule is Cc1cccc(N)c1Oc1ccc(C(C)(C)C)cn1. The fraction of sp³-hybridized carbons (Fsp3) is 0.312. The highest BCUT2D eigenvalue weighted by atomic mass is 16.5. The lowest BCUT2D eigenvalue weighted by Crippen LogP contribution is -2.11. The minimum Gasteiger partial charge on any atom is -0.437 e. The van der Waals surface area contributed by atoms with Gasteiger partial charge in [0.05, 0.1) is 5.69 Å². The summed E-state index contributed by atoms with van der Waals surface area (Å²) in [5, 5.41) is 0. The second kappa shape index (κ2) is 4.92. The zero-order valence-electron chi connectivity index (χ0n) is 11.9. The number of hydrogen-bond acceptors (Lipinski definition) is 3. The summed E-state index contributed by atoms with van der Waals surface area (Å²) in [6.45, 7) is 8.44. The molecular weight excluding hydrogens is 236 g/mol. The van der Waals surface area contributed by atoms with Crippen LogP contribution in [0.25, 0.3) is 0 Å². The van der Waals surface area contributed by atoms with E-state index in [1.54, 1.807) is 0 Å². The van der Waals surface area contributed by atoms with Crippen LogP contribution in [-0.2, 0) is 5.41 Å². The number of aromatic nitrogens is 1. The lowest BCUT2D eigenvalue weighted by Gasteiger charge is -2.18. The largest absolute Gasteiger partial charge is 0.437 e. The van der Waals surface area contributed by atoms with Gasteiger partial charge >= 0.3 is 0 Å². The fourth-order valence-electron chi connectivity index (χ4n) is 1.80. The van der Waals surface area contributed by atoms with Gasteiger partial charge in [0.15, 0.2) is 5.75 Å². The Labute approximate surface area is 114 Å². The number of rotatable bonds is 2. The number of aryl methyl sites for hydroxylation is 1. The number of ether oxygens (including phenoxy) is 1. The molecule has 19 heavy (non-hydrogen) atoms. The molecule has 0 aliphatic carbocycles. The van der Waals surface area contributed by atoms with Crippen molar-refractivity contribution in [2.24, 2.45) is 0 Å². The number of pyridine rings is 1. The normalized spacial score (nSPS) is 11.4. The van der Waals surface area contributed by atoms with E-state index in [0.29, 0.717) is 17.3 Å². The Morgan fingerprint density at radius 1 is 1.11 bits per heavy atom. The molecule has 0 spiro atoms. The molecule has 0 aliphatic heterocycles. The molecule has 2 aromatic rings. The van der Waals surface area contributed by atoms with Crippen molar-refractivity contribution in [3.05, 3.63) is 47.7 Å². The smallest absolute Gasteiger partial charge is 0.219 e. The molecule has 0 amide bonds. The fourth-order valence-corrected chi connectivity index (χ4v) is 1.80. The Bertz CT molecular complexity index is 548. The number of para-hydroxylation sites is 1. The molecule has 1 heterocycles. The van der Waals surface area contributed by atoms with E-state index in [1.807, 2.05) is 43.5 Å². The quantitative estimate of drug-likeness (QED) is 0.824. The third kappa shape index (κ3) is 3.05. The topological polar surface area (TPSA) is 48.1 Å². The first-order valence-corrected chi connectivity index (χ1v) is 6.37. The predicted octanol–water partition coefficient (Wildman–Crippen LogP) is 4.06. The zero-order valence-corrected chi connectivity index (χ0v) is 11.9. The zero-order chi connectivity index (χ0) is 14.0. The summed E-state index contributed by atoms with van der Waals surface area (Å²) >= 11 is 0. The average Bonchev–Trinajstić information content (AvgIpc) is 2.33. The van der Waals surface area contributed by atoms with Crippen LogP contribution in [0.2, 0.25) is 0 Å². The molecule has 0 unspecified atom stereocenters. The summed E-state index contributed by atoms with van der Waals surface area (Å²) in [6, 6.07) is 9.62. The summed E-state index contributed by atoms with van der Waals surface area (Å²) in [7, 11) is 0. The van der Waals surface area contributed by atoms with Crippen LogP contribution in [0.3, 0.4) is 0 Å². The highest BCUT2D eigenvalue weighted by molar-refractivity contribution is 5.57. The molecule has 1 aromatic carbocycles. The highest BCUT2D eigenvalue weighted by Gasteiger charge is 2.14. The van der Waals surface area contributed by atoms with E-state index >= 15 is 0 Å². The molecule has 0 fully saturated rings. The van der Waals surface area contributed by atoms with Crippen LogP contribution in [0.15, 0.2) is 36.5 Å². The van der Waals surface area contributed by atoms with Crippen LogP contribution in [0.4, 0.5) is 5.69 Å². The lowest BCUT2D eigenvalue weighted by atomic mass is 9.88. The summed E-state index contributed by atoms with van der Waals surface area (Å²) in [5.74, 6) is 1.24.